The molecule has 22 heavy (non-hydrogen) atoms. The predicted molar refractivity (Wildman–Crippen MR) is 87.9 cm³/mol. The third-order valence-electron chi connectivity index (χ3n) is 3.35. The predicted octanol–water partition coefficient (Wildman–Crippen LogP) is 3.18. The molecular formula is C16H18N2O3S. The third kappa shape index (κ3) is 3.46. The van der Waals surface area contributed by atoms with Crippen LogP contribution in [0.2, 0.25) is 0 Å². The van der Waals surface area contributed by atoms with Crippen molar-refractivity contribution in [2.45, 2.75) is 27.2 Å². The molecule has 1 heterocycles. The number of nitrogens with zero attached hydrogens (tertiary/aromatic N) is 1. The Morgan fingerprint density at radius 3 is 2.50 bits per heavy atom. The molecular weight excluding hydrogens is 300 g/mol. The summed E-state index contributed by atoms with van der Waals surface area (Å²) in [5.41, 5.74) is 5.22. The van der Waals surface area contributed by atoms with Crippen LogP contribution in [0.5, 0.6) is 11.5 Å². The van der Waals surface area contributed by atoms with Gasteiger partial charge >= 0.3 is 0 Å². The molecule has 116 valence electrons. The summed E-state index contributed by atoms with van der Waals surface area (Å²) in [5.74, 6) is -0.375. The number of benzene rings is 1. The highest BCUT2D eigenvalue weighted by Gasteiger charge is 2.14. The Kier molecular flexibility index (Phi) is 4.82. The maximum absolute atomic E-state index is 12.2. The number of carbonyl (C=O) groups excluding carboxylic acids is 1. The second-order valence-electron chi connectivity index (χ2n) is 4.91. The Labute approximate surface area is 132 Å². The van der Waals surface area contributed by atoms with E-state index < -0.39 is 0 Å². The highest BCUT2D eigenvalue weighted by Crippen LogP contribution is 2.23. The molecule has 0 bridgehead atoms. The van der Waals surface area contributed by atoms with E-state index in [1.807, 2.05) is 19.2 Å². The van der Waals surface area contributed by atoms with Gasteiger partial charge in [0.25, 0.3) is 5.91 Å². The van der Waals surface area contributed by atoms with Gasteiger partial charge in [0.05, 0.1) is 11.3 Å². The number of hydrogen-bond acceptors (Lipinski definition) is 5. The molecule has 0 unspecified atom stereocenters. The molecule has 2 aromatic rings. The quantitative estimate of drug-likeness (QED) is 0.598. The van der Waals surface area contributed by atoms with Gasteiger partial charge in [-0.3, -0.25) is 4.79 Å². The average Bonchev–Trinajstić information content (AvgIpc) is 2.84. The normalized spacial score (nSPS) is 11.5. The Morgan fingerprint density at radius 2 is 1.91 bits per heavy atom. The first-order chi connectivity index (χ1) is 10.4. The summed E-state index contributed by atoms with van der Waals surface area (Å²) >= 11 is 1.54. The van der Waals surface area contributed by atoms with Crippen LogP contribution in [0.25, 0.3) is 0 Å². The van der Waals surface area contributed by atoms with Crippen molar-refractivity contribution in [3.05, 3.63) is 45.1 Å². The van der Waals surface area contributed by atoms with E-state index in [1.54, 1.807) is 18.3 Å². The average molecular weight is 318 g/mol. The van der Waals surface area contributed by atoms with Crippen molar-refractivity contribution in [2.24, 2.45) is 5.10 Å². The molecule has 0 aliphatic heterocycles. The number of thiophene rings is 1. The Hall–Kier alpha value is -2.34. The largest absolute Gasteiger partial charge is 0.508 e. The van der Waals surface area contributed by atoms with Crippen molar-refractivity contribution in [3.63, 3.8) is 0 Å². The zero-order valence-electron chi connectivity index (χ0n) is 12.7. The fraction of sp³-hybridized carbons (Fsp3) is 0.250. The van der Waals surface area contributed by atoms with E-state index in [0.29, 0.717) is 16.8 Å². The minimum absolute atomic E-state index is 0.0578. The molecule has 0 aliphatic carbocycles. The molecule has 0 aliphatic rings. The summed E-state index contributed by atoms with van der Waals surface area (Å²) in [6, 6.07) is 4.17. The van der Waals surface area contributed by atoms with E-state index in [4.69, 9.17) is 0 Å². The molecule has 2 rings (SSSR count). The van der Waals surface area contributed by atoms with Crippen molar-refractivity contribution in [2.75, 3.05) is 0 Å². The van der Waals surface area contributed by atoms with Gasteiger partial charge in [0.15, 0.2) is 0 Å². The topological polar surface area (TPSA) is 81.9 Å². The van der Waals surface area contributed by atoms with Crippen molar-refractivity contribution in [3.8, 4) is 11.5 Å². The molecule has 0 saturated heterocycles. The molecule has 0 fully saturated rings. The van der Waals surface area contributed by atoms with Crippen LogP contribution in [0, 0.1) is 6.92 Å². The van der Waals surface area contributed by atoms with E-state index >= 15 is 0 Å². The molecule has 0 atom stereocenters. The Balaban J connectivity index is 2.18. The fourth-order valence-corrected chi connectivity index (χ4v) is 3.11. The summed E-state index contributed by atoms with van der Waals surface area (Å²) in [5, 5.41) is 24.8. The lowest BCUT2D eigenvalue weighted by atomic mass is 10.1. The molecule has 0 saturated carbocycles. The molecule has 3 N–H and O–H groups in total. The molecule has 1 aromatic heterocycles. The zero-order valence-corrected chi connectivity index (χ0v) is 13.5. The van der Waals surface area contributed by atoms with Crippen LogP contribution in [0.15, 0.2) is 28.7 Å². The summed E-state index contributed by atoms with van der Waals surface area (Å²) < 4.78 is 0. The molecule has 0 spiro atoms. The zero-order chi connectivity index (χ0) is 16.3. The lowest BCUT2D eigenvalue weighted by Gasteiger charge is -2.05. The minimum atomic E-state index is -0.259. The number of nitrogens with one attached hydrogen (secondary N) is 1. The van der Waals surface area contributed by atoms with Crippen molar-refractivity contribution in [1.29, 1.82) is 0 Å². The first-order valence-corrected chi connectivity index (χ1v) is 7.75. The Morgan fingerprint density at radius 1 is 1.27 bits per heavy atom. The van der Waals surface area contributed by atoms with Gasteiger partial charge in [-0.25, -0.2) is 5.43 Å². The number of rotatable bonds is 4. The van der Waals surface area contributed by atoms with Crippen LogP contribution >= 0.6 is 11.3 Å². The number of phenolic OH excluding ortho intramolecular Hbond substituents is 2. The number of carbonyl (C=O) groups is 1. The highest BCUT2D eigenvalue weighted by molar-refractivity contribution is 7.10. The van der Waals surface area contributed by atoms with E-state index in [-0.39, 0.29) is 17.4 Å². The van der Waals surface area contributed by atoms with Crippen LogP contribution in [-0.2, 0) is 6.42 Å². The van der Waals surface area contributed by atoms with Gasteiger partial charge in [0, 0.05) is 21.9 Å². The number of hydrogen-bond donors (Lipinski definition) is 3. The van der Waals surface area contributed by atoms with Gasteiger partial charge in [0.1, 0.15) is 11.5 Å². The number of aryl methyl sites for hydroxylation is 1. The van der Waals surface area contributed by atoms with E-state index in [1.165, 1.54) is 18.2 Å². The standard InChI is InChI=1S/C16H18N2O3S/c1-4-14-10(3)22-8-15(14)16(21)18-17-9(2)11-5-12(19)7-13(20)6-11/h5-8,19-20H,4H2,1-3H3,(H,18,21)/b17-9-. The second kappa shape index (κ2) is 6.62. The van der Waals surface area contributed by atoms with E-state index in [9.17, 15) is 15.0 Å². The van der Waals surface area contributed by atoms with Crippen LogP contribution in [0.3, 0.4) is 0 Å². The number of hydrazone groups is 1. The molecule has 6 heteroatoms. The van der Waals surface area contributed by atoms with E-state index in [0.717, 1.165) is 16.9 Å². The van der Waals surface area contributed by atoms with Crippen LogP contribution in [0.4, 0.5) is 0 Å². The lowest BCUT2D eigenvalue weighted by molar-refractivity contribution is 0.0954. The van der Waals surface area contributed by atoms with Crippen molar-refractivity contribution < 1.29 is 15.0 Å². The van der Waals surface area contributed by atoms with Gasteiger partial charge in [0.2, 0.25) is 0 Å². The van der Waals surface area contributed by atoms with Gasteiger partial charge in [-0.15, -0.1) is 11.3 Å². The maximum atomic E-state index is 12.2. The number of amides is 1. The first-order valence-electron chi connectivity index (χ1n) is 6.87. The monoisotopic (exact) mass is 318 g/mol. The van der Waals surface area contributed by atoms with E-state index in [2.05, 4.69) is 10.5 Å². The molecule has 0 radical (unpaired) electrons. The summed E-state index contributed by atoms with van der Waals surface area (Å²) in [6.45, 7) is 5.69. The lowest BCUT2D eigenvalue weighted by Crippen LogP contribution is -2.20. The third-order valence-corrected chi connectivity index (χ3v) is 4.30. The number of aromatic hydroxyl groups is 2. The highest BCUT2D eigenvalue weighted by atomic mass is 32.1. The summed E-state index contributed by atoms with van der Waals surface area (Å²) in [7, 11) is 0. The maximum Gasteiger partial charge on any atom is 0.272 e. The SMILES string of the molecule is CCc1c(C(=O)N/N=C(/C)c2cc(O)cc(O)c2)csc1C. The molecule has 1 amide bonds. The second-order valence-corrected chi connectivity index (χ2v) is 6.00. The van der Waals surface area contributed by atoms with Gasteiger partial charge in [-0.1, -0.05) is 6.92 Å². The fourth-order valence-electron chi connectivity index (χ4n) is 2.17. The van der Waals surface area contributed by atoms with Gasteiger partial charge in [-0.05, 0) is 38.0 Å². The van der Waals surface area contributed by atoms with Crippen molar-refractivity contribution >= 4 is 23.0 Å². The summed E-state index contributed by atoms with van der Waals surface area (Å²) in [6.07, 6.45) is 0.793. The van der Waals surface area contributed by atoms with Gasteiger partial charge in [-0.2, -0.15) is 5.10 Å². The first kappa shape index (κ1) is 16.0. The van der Waals surface area contributed by atoms with Crippen LogP contribution in [-0.4, -0.2) is 21.8 Å². The van der Waals surface area contributed by atoms with Gasteiger partial charge < -0.3 is 10.2 Å². The number of phenols is 2. The van der Waals surface area contributed by atoms with Crippen LogP contribution in [0.1, 0.15) is 40.2 Å². The summed E-state index contributed by atoms with van der Waals surface area (Å²) in [4.78, 5) is 13.3. The smallest absolute Gasteiger partial charge is 0.272 e. The molecule has 1 aromatic carbocycles. The minimum Gasteiger partial charge on any atom is -0.508 e. The molecule has 5 nitrogen and oxygen atoms in total. The van der Waals surface area contributed by atoms with Crippen LogP contribution < -0.4 is 5.43 Å². The van der Waals surface area contributed by atoms with Crippen molar-refractivity contribution in [1.82, 2.24) is 5.43 Å². The Bertz CT molecular complexity index is 715.